The zero-order chi connectivity index (χ0) is 19.4. The third kappa shape index (κ3) is 4.59. The molecule has 0 saturated carbocycles. The number of rotatable bonds is 6. The molecule has 1 amide bonds. The van der Waals surface area contributed by atoms with E-state index in [4.69, 9.17) is 4.74 Å². The first-order valence-corrected chi connectivity index (χ1v) is 9.30. The summed E-state index contributed by atoms with van der Waals surface area (Å²) in [5, 5.41) is 13.2. The van der Waals surface area contributed by atoms with Crippen LogP contribution in [0.5, 0.6) is 0 Å². The van der Waals surface area contributed by atoms with Crippen molar-refractivity contribution < 1.29 is 14.3 Å². The number of amides is 1. The minimum Gasteiger partial charge on any atom is -0.451 e. The van der Waals surface area contributed by atoms with E-state index in [0.717, 1.165) is 21.7 Å². The molecule has 2 heterocycles. The van der Waals surface area contributed by atoms with Gasteiger partial charge in [-0.05, 0) is 43.8 Å². The topological polar surface area (TPSA) is 86.1 Å². The van der Waals surface area contributed by atoms with Crippen LogP contribution in [0.25, 0.3) is 5.69 Å². The van der Waals surface area contributed by atoms with Crippen molar-refractivity contribution >= 4 is 23.2 Å². The zero-order valence-corrected chi connectivity index (χ0v) is 16.2. The number of carbonyl (C=O) groups is 2. The van der Waals surface area contributed by atoms with Crippen molar-refractivity contribution in [3.05, 3.63) is 63.1 Å². The zero-order valence-electron chi connectivity index (χ0n) is 15.4. The molecule has 0 aliphatic carbocycles. The Bertz CT molecular complexity index is 964. The van der Waals surface area contributed by atoms with E-state index in [0.29, 0.717) is 12.2 Å². The highest BCUT2D eigenvalue weighted by Crippen LogP contribution is 2.15. The monoisotopic (exact) mass is 384 g/mol. The Labute approximate surface area is 161 Å². The largest absolute Gasteiger partial charge is 0.451 e. The lowest BCUT2D eigenvalue weighted by Gasteiger charge is -2.05. The number of nitrogens with zero attached hydrogens (tertiary/aromatic N) is 3. The van der Waals surface area contributed by atoms with E-state index >= 15 is 0 Å². The minimum atomic E-state index is -0.671. The summed E-state index contributed by atoms with van der Waals surface area (Å²) >= 11 is 1.55. The Morgan fingerprint density at radius 2 is 2.00 bits per heavy atom. The number of ether oxygens (including phenoxy) is 1. The van der Waals surface area contributed by atoms with Gasteiger partial charge in [-0.1, -0.05) is 23.8 Å². The smallest absolute Gasteiger partial charge is 0.361 e. The van der Waals surface area contributed by atoms with Crippen molar-refractivity contribution in [1.29, 1.82) is 0 Å². The summed E-state index contributed by atoms with van der Waals surface area (Å²) < 4.78 is 5.08. The van der Waals surface area contributed by atoms with Crippen LogP contribution in [0.15, 0.2) is 35.7 Å². The fourth-order valence-corrected chi connectivity index (χ4v) is 3.20. The summed E-state index contributed by atoms with van der Waals surface area (Å²) in [5.74, 6) is -1.04. The summed E-state index contributed by atoms with van der Waals surface area (Å²) in [6.07, 6.45) is 0. The molecule has 0 atom stereocenters. The molecule has 8 heteroatoms. The quantitative estimate of drug-likeness (QED) is 0.661. The molecule has 27 heavy (non-hydrogen) atoms. The van der Waals surface area contributed by atoms with Crippen LogP contribution in [0.4, 0.5) is 0 Å². The summed E-state index contributed by atoms with van der Waals surface area (Å²) in [4.78, 5) is 26.6. The van der Waals surface area contributed by atoms with Crippen molar-refractivity contribution in [1.82, 2.24) is 20.3 Å². The van der Waals surface area contributed by atoms with Gasteiger partial charge in [-0.25, -0.2) is 4.79 Å². The fraction of sp³-hybridized carbons (Fsp3) is 0.263. The lowest BCUT2D eigenvalue weighted by molar-refractivity contribution is -0.124. The number of aromatic nitrogens is 3. The molecular weight excluding hydrogens is 364 g/mol. The van der Waals surface area contributed by atoms with Gasteiger partial charge in [-0.3, -0.25) is 4.79 Å². The van der Waals surface area contributed by atoms with Crippen molar-refractivity contribution in [3.63, 3.8) is 0 Å². The highest BCUT2D eigenvalue weighted by Gasteiger charge is 2.19. The first kappa shape index (κ1) is 18.8. The molecule has 0 aliphatic heterocycles. The van der Waals surface area contributed by atoms with Crippen molar-refractivity contribution in [2.45, 2.75) is 27.3 Å². The second-order valence-corrected chi connectivity index (χ2v) is 7.18. The van der Waals surface area contributed by atoms with Gasteiger partial charge in [0.2, 0.25) is 0 Å². The Morgan fingerprint density at radius 1 is 1.19 bits per heavy atom. The number of hydrogen-bond donors (Lipinski definition) is 1. The SMILES string of the molecule is Cc1ccc(-n2nc(C)c(C(=O)OCC(=O)NCc3cccs3)n2)c(C)c1. The molecule has 0 saturated heterocycles. The van der Waals surface area contributed by atoms with Gasteiger partial charge in [-0.2, -0.15) is 9.90 Å². The highest BCUT2D eigenvalue weighted by atomic mass is 32.1. The maximum atomic E-state index is 12.3. The molecule has 3 aromatic rings. The third-order valence-corrected chi connectivity index (χ3v) is 4.79. The molecule has 140 valence electrons. The predicted octanol–water partition coefficient (Wildman–Crippen LogP) is 2.73. The van der Waals surface area contributed by atoms with Crippen molar-refractivity contribution in [3.8, 4) is 5.69 Å². The van der Waals surface area contributed by atoms with Crippen LogP contribution in [0.1, 0.15) is 32.2 Å². The number of nitrogens with one attached hydrogen (secondary N) is 1. The van der Waals surface area contributed by atoms with Crippen LogP contribution in [0, 0.1) is 20.8 Å². The first-order chi connectivity index (χ1) is 12.9. The molecule has 2 aromatic heterocycles. The summed E-state index contributed by atoms with van der Waals surface area (Å²) in [5.41, 5.74) is 3.46. The molecular formula is C19H20N4O3S. The van der Waals surface area contributed by atoms with Gasteiger partial charge < -0.3 is 10.1 Å². The van der Waals surface area contributed by atoms with Crippen molar-refractivity contribution in [2.24, 2.45) is 0 Å². The van der Waals surface area contributed by atoms with Crippen LogP contribution >= 0.6 is 11.3 Å². The van der Waals surface area contributed by atoms with Gasteiger partial charge in [0, 0.05) is 4.88 Å². The molecule has 1 N–H and O–H groups in total. The third-order valence-electron chi connectivity index (χ3n) is 3.92. The molecule has 7 nitrogen and oxygen atoms in total. The molecule has 0 spiro atoms. The van der Waals surface area contributed by atoms with E-state index in [2.05, 4.69) is 15.5 Å². The van der Waals surface area contributed by atoms with Gasteiger partial charge >= 0.3 is 5.97 Å². The molecule has 1 aromatic carbocycles. The minimum absolute atomic E-state index is 0.0982. The maximum absolute atomic E-state index is 12.3. The second kappa shape index (κ2) is 8.13. The van der Waals surface area contributed by atoms with Crippen LogP contribution in [-0.4, -0.2) is 33.5 Å². The Kier molecular flexibility index (Phi) is 5.66. The van der Waals surface area contributed by atoms with Gasteiger partial charge in [0.25, 0.3) is 5.91 Å². The fourth-order valence-electron chi connectivity index (χ4n) is 2.55. The number of aryl methyl sites for hydroxylation is 3. The first-order valence-electron chi connectivity index (χ1n) is 8.42. The van der Waals surface area contributed by atoms with E-state index in [1.54, 1.807) is 18.3 Å². The van der Waals surface area contributed by atoms with E-state index in [1.165, 1.54) is 4.80 Å². The summed E-state index contributed by atoms with van der Waals surface area (Å²) in [7, 11) is 0. The normalized spacial score (nSPS) is 10.6. The molecule has 0 bridgehead atoms. The van der Waals surface area contributed by atoms with Gasteiger partial charge in [-0.15, -0.1) is 16.4 Å². The average molecular weight is 384 g/mol. The van der Waals surface area contributed by atoms with E-state index < -0.39 is 5.97 Å². The van der Waals surface area contributed by atoms with Crippen LogP contribution < -0.4 is 5.32 Å². The van der Waals surface area contributed by atoms with Crippen LogP contribution in [0.3, 0.4) is 0 Å². The van der Waals surface area contributed by atoms with E-state index in [9.17, 15) is 9.59 Å². The number of thiophene rings is 1. The van der Waals surface area contributed by atoms with E-state index in [1.807, 2.05) is 49.6 Å². The molecule has 0 unspecified atom stereocenters. The highest BCUT2D eigenvalue weighted by molar-refractivity contribution is 7.09. The molecule has 0 radical (unpaired) electrons. The summed E-state index contributed by atoms with van der Waals surface area (Å²) in [6.45, 7) is 5.69. The Balaban J connectivity index is 1.61. The van der Waals surface area contributed by atoms with E-state index in [-0.39, 0.29) is 18.2 Å². The van der Waals surface area contributed by atoms with Gasteiger partial charge in [0.15, 0.2) is 12.3 Å². The summed E-state index contributed by atoms with van der Waals surface area (Å²) in [6, 6.07) is 9.71. The predicted molar refractivity (Wildman–Crippen MR) is 102 cm³/mol. The average Bonchev–Trinajstić information content (AvgIpc) is 3.27. The van der Waals surface area contributed by atoms with Crippen molar-refractivity contribution in [2.75, 3.05) is 6.61 Å². The molecule has 3 rings (SSSR count). The second-order valence-electron chi connectivity index (χ2n) is 6.15. The maximum Gasteiger partial charge on any atom is 0.361 e. The lowest BCUT2D eigenvalue weighted by atomic mass is 10.1. The molecule has 0 fully saturated rings. The number of esters is 1. The van der Waals surface area contributed by atoms with Gasteiger partial charge in [0.1, 0.15) is 0 Å². The van der Waals surface area contributed by atoms with Crippen LogP contribution in [0.2, 0.25) is 0 Å². The number of benzene rings is 1. The number of hydrogen-bond acceptors (Lipinski definition) is 6. The Hall–Kier alpha value is -3.00. The van der Waals surface area contributed by atoms with Gasteiger partial charge in [0.05, 0.1) is 17.9 Å². The molecule has 0 aliphatic rings. The Morgan fingerprint density at radius 3 is 2.70 bits per heavy atom. The van der Waals surface area contributed by atoms with Crippen LogP contribution in [-0.2, 0) is 16.1 Å². The standard InChI is InChI=1S/C19H20N4O3S/c1-12-6-7-16(13(2)9-12)23-21-14(3)18(22-23)19(25)26-11-17(24)20-10-15-5-4-8-27-15/h4-9H,10-11H2,1-3H3,(H,20,24). The number of carbonyl (C=O) groups excluding carboxylic acids is 2. The lowest BCUT2D eigenvalue weighted by Crippen LogP contribution is -2.28.